The first kappa shape index (κ1) is 12.7. The number of thiophene rings is 1. The van der Waals surface area contributed by atoms with Gasteiger partial charge in [0.05, 0.1) is 6.61 Å². The van der Waals surface area contributed by atoms with E-state index < -0.39 is 0 Å². The Balaban J connectivity index is 2.00. The molecule has 1 amide bonds. The standard InChI is InChI=1S/C11H15NO3S/c13-9-15-7-1-4-11(14)12-6-5-10-3-2-8-16-10/h2-3,8-9H,1,4-7H2,(H,12,14). The molecule has 0 saturated carbocycles. The smallest absolute Gasteiger partial charge is 0.293 e. The Morgan fingerprint density at radius 2 is 2.44 bits per heavy atom. The number of carbonyl (C=O) groups excluding carboxylic acids is 2. The summed E-state index contributed by atoms with van der Waals surface area (Å²) in [5.74, 6) is 0.00561. The van der Waals surface area contributed by atoms with E-state index in [2.05, 4.69) is 16.1 Å². The minimum Gasteiger partial charge on any atom is -0.468 e. The summed E-state index contributed by atoms with van der Waals surface area (Å²) in [6, 6.07) is 4.05. The van der Waals surface area contributed by atoms with Crippen molar-refractivity contribution >= 4 is 23.7 Å². The van der Waals surface area contributed by atoms with Crippen molar-refractivity contribution in [2.24, 2.45) is 0 Å². The van der Waals surface area contributed by atoms with Crippen LogP contribution in [0.1, 0.15) is 17.7 Å². The van der Waals surface area contributed by atoms with Gasteiger partial charge in [-0.25, -0.2) is 0 Å². The summed E-state index contributed by atoms with van der Waals surface area (Å²) in [5.41, 5.74) is 0. The van der Waals surface area contributed by atoms with E-state index in [0.717, 1.165) is 6.42 Å². The van der Waals surface area contributed by atoms with Crippen molar-refractivity contribution in [3.05, 3.63) is 22.4 Å². The molecule has 0 aliphatic heterocycles. The van der Waals surface area contributed by atoms with Crippen molar-refractivity contribution in [1.82, 2.24) is 5.32 Å². The van der Waals surface area contributed by atoms with Gasteiger partial charge < -0.3 is 10.1 Å². The highest BCUT2D eigenvalue weighted by molar-refractivity contribution is 7.09. The van der Waals surface area contributed by atoms with E-state index in [1.165, 1.54) is 4.88 Å². The van der Waals surface area contributed by atoms with E-state index in [1.807, 2.05) is 11.4 Å². The van der Waals surface area contributed by atoms with Gasteiger partial charge >= 0.3 is 0 Å². The fourth-order valence-corrected chi connectivity index (χ4v) is 1.94. The largest absolute Gasteiger partial charge is 0.468 e. The second-order valence-corrected chi connectivity index (χ2v) is 4.28. The Morgan fingerprint density at radius 1 is 1.56 bits per heavy atom. The minimum absolute atomic E-state index is 0.00561. The first-order valence-corrected chi connectivity index (χ1v) is 6.05. The van der Waals surface area contributed by atoms with Crippen molar-refractivity contribution in [1.29, 1.82) is 0 Å². The van der Waals surface area contributed by atoms with Crippen molar-refractivity contribution in [2.75, 3.05) is 13.2 Å². The number of nitrogens with one attached hydrogen (secondary N) is 1. The van der Waals surface area contributed by atoms with Gasteiger partial charge in [-0.2, -0.15) is 0 Å². The zero-order valence-corrected chi connectivity index (χ0v) is 9.79. The number of carbonyl (C=O) groups is 2. The Labute approximate surface area is 98.6 Å². The minimum atomic E-state index is 0.00561. The summed E-state index contributed by atoms with van der Waals surface area (Å²) in [5, 5.41) is 4.84. The van der Waals surface area contributed by atoms with Crippen LogP contribution in [-0.2, 0) is 20.7 Å². The average molecular weight is 241 g/mol. The van der Waals surface area contributed by atoms with Crippen LogP contribution in [0.15, 0.2) is 17.5 Å². The zero-order valence-electron chi connectivity index (χ0n) is 8.98. The SMILES string of the molecule is O=COCCCC(=O)NCCc1cccs1. The van der Waals surface area contributed by atoms with Crippen molar-refractivity contribution < 1.29 is 14.3 Å². The molecular formula is C11H15NO3S. The molecule has 0 radical (unpaired) electrons. The van der Waals surface area contributed by atoms with Crippen molar-refractivity contribution in [3.8, 4) is 0 Å². The normalized spacial score (nSPS) is 9.75. The molecule has 0 fully saturated rings. The van der Waals surface area contributed by atoms with Crippen LogP contribution in [0.4, 0.5) is 0 Å². The fraction of sp³-hybridized carbons (Fsp3) is 0.455. The highest BCUT2D eigenvalue weighted by Gasteiger charge is 2.01. The third kappa shape index (κ3) is 5.50. The maximum Gasteiger partial charge on any atom is 0.293 e. The maximum absolute atomic E-state index is 11.3. The molecule has 1 N–H and O–H groups in total. The van der Waals surface area contributed by atoms with Gasteiger partial charge in [-0.3, -0.25) is 9.59 Å². The number of hydrogen-bond donors (Lipinski definition) is 1. The Bertz CT molecular complexity index is 311. The molecule has 0 aliphatic carbocycles. The summed E-state index contributed by atoms with van der Waals surface area (Å²) in [7, 11) is 0. The summed E-state index contributed by atoms with van der Waals surface area (Å²) < 4.78 is 4.49. The molecule has 0 aliphatic rings. The molecule has 1 rings (SSSR count). The first-order valence-electron chi connectivity index (χ1n) is 5.17. The Morgan fingerprint density at radius 3 is 3.12 bits per heavy atom. The summed E-state index contributed by atoms with van der Waals surface area (Å²) in [4.78, 5) is 22.4. The van der Waals surface area contributed by atoms with E-state index >= 15 is 0 Å². The third-order valence-electron chi connectivity index (χ3n) is 2.01. The van der Waals surface area contributed by atoms with Gasteiger partial charge in [-0.15, -0.1) is 11.3 Å². The van der Waals surface area contributed by atoms with Crippen molar-refractivity contribution in [3.63, 3.8) is 0 Å². The summed E-state index contributed by atoms with van der Waals surface area (Å²) >= 11 is 1.69. The first-order chi connectivity index (χ1) is 7.83. The molecule has 0 spiro atoms. The van der Waals surface area contributed by atoms with Gasteiger partial charge in [0.2, 0.25) is 5.91 Å². The molecule has 5 heteroatoms. The molecular weight excluding hydrogens is 226 g/mol. The maximum atomic E-state index is 11.3. The number of hydrogen-bond acceptors (Lipinski definition) is 4. The van der Waals surface area contributed by atoms with Gasteiger partial charge in [0.1, 0.15) is 0 Å². The van der Waals surface area contributed by atoms with E-state index in [0.29, 0.717) is 32.5 Å². The quantitative estimate of drug-likeness (QED) is 0.552. The lowest BCUT2D eigenvalue weighted by atomic mass is 10.3. The molecule has 1 aromatic heterocycles. The van der Waals surface area contributed by atoms with Crippen LogP contribution in [0.5, 0.6) is 0 Å². The Hall–Kier alpha value is -1.36. The average Bonchev–Trinajstić information content (AvgIpc) is 2.77. The lowest BCUT2D eigenvalue weighted by molar-refractivity contribution is -0.130. The van der Waals surface area contributed by atoms with Gasteiger partial charge in [0, 0.05) is 17.8 Å². The highest BCUT2D eigenvalue weighted by atomic mass is 32.1. The predicted molar refractivity (Wildman–Crippen MR) is 62.3 cm³/mol. The van der Waals surface area contributed by atoms with Gasteiger partial charge in [0.15, 0.2) is 0 Å². The molecule has 4 nitrogen and oxygen atoms in total. The van der Waals surface area contributed by atoms with Crippen LogP contribution in [0.3, 0.4) is 0 Å². The molecule has 1 aromatic rings. The summed E-state index contributed by atoms with van der Waals surface area (Å²) in [6.07, 6.45) is 1.84. The Kier molecular flexibility index (Phi) is 6.25. The molecule has 0 bridgehead atoms. The lowest BCUT2D eigenvalue weighted by Gasteiger charge is -2.03. The number of ether oxygens (including phenoxy) is 1. The van der Waals surface area contributed by atoms with E-state index in [9.17, 15) is 9.59 Å². The van der Waals surface area contributed by atoms with Crippen LogP contribution < -0.4 is 5.32 Å². The third-order valence-corrected chi connectivity index (χ3v) is 2.94. The van der Waals surface area contributed by atoms with Crippen molar-refractivity contribution in [2.45, 2.75) is 19.3 Å². The second-order valence-electron chi connectivity index (χ2n) is 3.25. The molecule has 0 aromatic carbocycles. The highest BCUT2D eigenvalue weighted by Crippen LogP contribution is 2.08. The number of amides is 1. The van der Waals surface area contributed by atoms with Crippen LogP contribution in [-0.4, -0.2) is 25.5 Å². The monoisotopic (exact) mass is 241 g/mol. The van der Waals surface area contributed by atoms with Crippen LogP contribution in [0.2, 0.25) is 0 Å². The molecule has 1 heterocycles. The molecule has 16 heavy (non-hydrogen) atoms. The van der Waals surface area contributed by atoms with Gasteiger partial charge in [-0.05, 0) is 24.3 Å². The topological polar surface area (TPSA) is 55.4 Å². The molecule has 0 saturated heterocycles. The fourth-order valence-electron chi connectivity index (χ4n) is 1.23. The molecule has 0 unspecified atom stereocenters. The van der Waals surface area contributed by atoms with Crippen LogP contribution in [0, 0.1) is 0 Å². The lowest BCUT2D eigenvalue weighted by Crippen LogP contribution is -2.25. The molecule has 88 valence electrons. The van der Waals surface area contributed by atoms with Gasteiger partial charge in [0.25, 0.3) is 6.47 Å². The van der Waals surface area contributed by atoms with Crippen LogP contribution in [0.25, 0.3) is 0 Å². The van der Waals surface area contributed by atoms with E-state index in [4.69, 9.17) is 0 Å². The van der Waals surface area contributed by atoms with E-state index in [1.54, 1.807) is 11.3 Å². The molecule has 0 atom stereocenters. The second kappa shape index (κ2) is 7.87. The van der Waals surface area contributed by atoms with Gasteiger partial charge in [-0.1, -0.05) is 6.07 Å². The number of rotatable bonds is 8. The summed E-state index contributed by atoms with van der Waals surface area (Å²) in [6.45, 7) is 1.37. The van der Waals surface area contributed by atoms with E-state index in [-0.39, 0.29) is 5.91 Å². The van der Waals surface area contributed by atoms with Crippen LogP contribution >= 0.6 is 11.3 Å². The predicted octanol–water partition coefficient (Wildman–Crippen LogP) is 1.36. The zero-order chi connectivity index (χ0) is 11.6.